The fourth-order valence-corrected chi connectivity index (χ4v) is 4.24. The average Bonchev–Trinajstić information content (AvgIpc) is 3.32. The lowest BCUT2D eigenvalue weighted by atomic mass is 10.0. The zero-order valence-electron chi connectivity index (χ0n) is 16.0. The molecule has 30 heavy (non-hydrogen) atoms. The number of aryl methyl sites for hydroxylation is 1. The molecule has 0 radical (unpaired) electrons. The molecule has 3 N–H and O–H groups in total. The van der Waals surface area contributed by atoms with Gasteiger partial charge in [0.15, 0.2) is 0 Å². The summed E-state index contributed by atoms with van der Waals surface area (Å²) in [6.07, 6.45) is 1.91. The van der Waals surface area contributed by atoms with Crippen LogP contribution < -0.4 is 5.32 Å². The van der Waals surface area contributed by atoms with Gasteiger partial charge in [-0.25, -0.2) is 14.2 Å². The second-order valence-electron chi connectivity index (χ2n) is 6.87. The number of nitrogens with one attached hydrogen (secondary N) is 2. The molecule has 0 spiro atoms. The van der Waals surface area contributed by atoms with Gasteiger partial charge in [-0.1, -0.05) is 18.2 Å². The minimum Gasteiger partial charge on any atom is -0.480 e. The molecule has 1 unspecified atom stereocenters. The highest BCUT2D eigenvalue weighted by Gasteiger charge is 2.25. The van der Waals surface area contributed by atoms with Crippen LogP contribution in [0.2, 0.25) is 0 Å². The van der Waals surface area contributed by atoms with E-state index in [4.69, 9.17) is 0 Å². The van der Waals surface area contributed by atoms with Crippen LogP contribution in [0.25, 0.3) is 21.5 Å². The summed E-state index contributed by atoms with van der Waals surface area (Å²) >= 11 is 1.15. The maximum Gasteiger partial charge on any atom is 0.326 e. The number of rotatable bonds is 6. The Hall–Kier alpha value is -3.52. The number of benzene rings is 2. The summed E-state index contributed by atoms with van der Waals surface area (Å²) in [5.74, 6) is -1.97. The first-order valence-corrected chi connectivity index (χ1v) is 10.1. The number of hydrogen-bond acceptors (Lipinski definition) is 4. The van der Waals surface area contributed by atoms with Gasteiger partial charge in [-0.05, 0) is 42.8 Å². The Labute approximate surface area is 175 Å². The summed E-state index contributed by atoms with van der Waals surface area (Å²) in [6.45, 7) is 1.69. The van der Waals surface area contributed by atoms with Crippen molar-refractivity contribution in [3.63, 3.8) is 0 Å². The van der Waals surface area contributed by atoms with Crippen molar-refractivity contribution < 1.29 is 19.1 Å². The fraction of sp³-hybridized carbons (Fsp3) is 0.136. The molecule has 0 aliphatic carbocycles. The lowest BCUT2D eigenvalue weighted by Crippen LogP contribution is -2.42. The summed E-state index contributed by atoms with van der Waals surface area (Å²) in [4.78, 5) is 32.4. The number of aromatic amines is 1. The highest BCUT2D eigenvalue weighted by Crippen LogP contribution is 2.28. The van der Waals surface area contributed by atoms with Crippen LogP contribution in [0, 0.1) is 12.7 Å². The molecule has 2 aromatic carbocycles. The summed E-state index contributed by atoms with van der Waals surface area (Å²) < 4.78 is 13.1. The molecule has 0 fully saturated rings. The predicted molar refractivity (Wildman–Crippen MR) is 113 cm³/mol. The number of hydrogen-bond donors (Lipinski definition) is 3. The van der Waals surface area contributed by atoms with Gasteiger partial charge in [0.05, 0.1) is 5.69 Å². The van der Waals surface area contributed by atoms with E-state index in [1.807, 2.05) is 24.3 Å². The fourth-order valence-electron chi connectivity index (χ4n) is 3.27. The SMILES string of the molecule is Cc1nc(-c2ccc(F)cc2)sc1C(=O)NC(Cc1c[nH]c2ccccc12)C(=O)O. The van der Waals surface area contributed by atoms with E-state index in [2.05, 4.69) is 15.3 Å². The second-order valence-corrected chi connectivity index (χ2v) is 7.87. The number of carboxylic acids is 1. The quantitative estimate of drug-likeness (QED) is 0.434. The third-order valence-corrected chi connectivity index (χ3v) is 6.00. The van der Waals surface area contributed by atoms with Crippen molar-refractivity contribution in [2.45, 2.75) is 19.4 Å². The van der Waals surface area contributed by atoms with E-state index >= 15 is 0 Å². The molecular formula is C22H18FN3O3S. The Kier molecular flexibility index (Phi) is 5.33. The van der Waals surface area contributed by atoms with E-state index in [1.54, 1.807) is 25.3 Å². The highest BCUT2D eigenvalue weighted by atomic mass is 32.1. The first-order chi connectivity index (χ1) is 14.4. The van der Waals surface area contributed by atoms with Crippen LogP contribution in [0.3, 0.4) is 0 Å². The molecule has 0 saturated heterocycles. The summed E-state index contributed by atoms with van der Waals surface area (Å²) in [7, 11) is 0. The molecule has 4 aromatic rings. The lowest BCUT2D eigenvalue weighted by Gasteiger charge is -2.13. The second kappa shape index (κ2) is 8.08. The van der Waals surface area contributed by atoms with Gasteiger partial charge in [-0.3, -0.25) is 4.79 Å². The number of amides is 1. The average molecular weight is 423 g/mol. The molecule has 0 aliphatic heterocycles. The standard InChI is InChI=1S/C22H18FN3O3S/c1-12-19(30-21(25-12)13-6-8-15(23)9-7-13)20(27)26-18(22(28)29)10-14-11-24-17-5-3-2-4-16(14)17/h2-9,11,18,24H,10H2,1H3,(H,26,27)(H,28,29). The van der Waals surface area contributed by atoms with Crippen LogP contribution >= 0.6 is 11.3 Å². The minimum absolute atomic E-state index is 0.147. The number of carbonyl (C=O) groups is 2. The molecule has 152 valence electrons. The lowest BCUT2D eigenvalue weighted by molar-refractivity contribution is -0.139. The maximum absolute atomic E-state index is 13.1. The number of fused-ring (bicyclic) bond motifs is 1. The van der Waals surface area contributed by atoms with E-state index in [9.17, 15) is 19.1 Å². The van der Waals surface area contributed by atoms with Gasteiger partial charge in [0.1, 0.15) is 21.7 Å². The van der Waals surface area contributed by atoms with Crippen molar-refractivity contribution in [2.75, 3.05) is 0 Å². The topological polar surface area (TPSA) is 95.1 Å². The molecule has 0 aliphatic rings. The van der Waals surface area contributed by atoms with Gasteiger partial charge >= 0.3 is 5.97 Å². The number of aromatic nitrogens is 2. The number of aliphatic carboxylic acids is 1. The third-order valence-electron chi connectivity index (χ3n) is 4.80. The van der Waals surface area contributed by atoms with Crippen LogP contribution in [0.4, 0.5) is 4.39 Å². The van der Waals surface area contributed by atoms with Crippen molar-refractivity contribution in [1.82, 2.24) is 15.3 Å². The molecule has 2 heterocycles. The number of halogens is 1. The van der Waals surface area contributed by atoms with Crippen molar-refractivity contribution in [3.8, 4) is 10.6 Å². The summed E-state index contributed by atoms with van der Waals surface area (Å²) in [6, 6.07) is 12.3. The number of carbonyl (C=O) groups excluding carboxylic acids is 1. The highest BCUT2D eigenvalue weighted by molar-refractivity contribution is 7.17. The first kappa shape index (κ1) is 19.8. The van der Waals surface area contributed by atoms with Gasteiger partial charge in [0.2, 0.25) is 0 Å². The number of thiazole rings is 1. The zero-order valence-corrected chi connectivity index (χ0v) is 16.8. The third kappa shape index (κ3) is 3.95. The van der Waals surface area contributed by atoms with Gasteiger partial charge < -0.3 is 15.4 Å². The van der Waals surface area contributed by atoms with E-state index in [0.29, 0.717) is 21.1 Å². The smallest absolute Gasteiger partial charge is 0.326 e. The zero-order chi connectivity index (χ0) is 21.3. The number of carboxylic acid groups (broad SMARTS) is 1. The largest absolute Gasteiger partial charge is 0.480 e. The van der Waals surface area contributed by atoms with E-state index in [0.717, 1.165) is 27.8 Å². The predicted octanol–water partition coefficient (Wildman–Crippen LogP) is 4.16. The van der Waals surface area contributed by atoms with Crippen LogP contribution in [-0.4, -0.2) is 33.0 Å². The molecule has 2 aromatic heterocycles. The Morgan fingerprint density at radius 1 is 1.20 bits per heavy atom. The normalized spacial score (nSPS) is 12.1. The molecule has 0 saturated carbocycles. The summed E-state index contributed by atoms with van der Waals surface area (Å²) in [5, 5.41) is 13.7. The maximum atomic E-state index is 13.1. The van der Waals surface area contributed by atoms with Crippen LogP contribution in [0.5, 0.6) is 0 Å². The summed E-state index contributed by atoms with van der Waals surface area (Å²) in [5.41, 5.74) is 2.90. The Bertz CT molecular complexity index is 1230. The number of nitrogens with zero attached hydrogens (tertiary/aromatic N) is 1. The van der Waals surface area contributed by atoms with Crippen LogP contribution in [0.15, 0.2) is 54.7 Å². The van der Waals surface area contributed by atoms with Gasteiger partial charge in [-0.15, -0.1) is 11.3 Å². The number of para-hydroxylation sites is 1. The van der Waals surface area contributed by atoms with Crippen molar-refractivity contribution in [3.05, 3.63) is 76.7 Å². The molecule has 1 atom stereocenters. The Morgan fingerprint density at radius 2 is 1.93 bits per heavy atom. The van der Waals surface area contributed by atoms with E-state index < -0.39 is 17.9 Å². The van der Waals surface area contributed by atoms with Crippen LogP contribution in [-0.2, 0) is 11.2 Å². The van der Waals surface area contributed by atoms with Crippen molar-refractivity contribution in [2.24, 2.45) is 0 Å². The molecular weight excluding hydrogens is 405 g/mol. The molecule has 6 nitrogen and oxygen atoms in total. The molecule has 8 heteroatoms. The Morgan fingerprint density at radius 3 is 2.67 bits per heavy atom. The molecule has 4 rings (SSSR count). The van der Waals surface area contributed by atoms with E-state index in [1.165, 1.54) is 12.1 Å². The number of H-pyrrole nitrogens is 1. The minimum atomic E-state index is -1.12. The van der Waals surface area contributed by atoms with Crippen molar-refractivity contribution in [1.29, 1.82) is 0 Å². The molecule has 0 bridgehead atoms. The van der Waals surface area contributed by atoms with Gasteiger partial charge in [0, 0.05) is 29.1 Å². The Balaban J connectivity index is 1.55. The monoisotopic (exact) mass is 423 g/mol. The molecule has 1 amide bonds. The first-order valence-electron chi connectivity index (χ1n) is 9.24. The van der Waals surface area contributed by atoms with Gasteiger partial charge in [-0.2, -0.15) is 0 Å². The van der Waals surface area contributed by atoms with Crippen molar-refractivity contribution >= 4 is 34.1 Å². The van der Waals surface area contributed by atoms with Gasteiger partial charge in [0.25, 0.3) is 5.91 Å². The van der Waals surface area contributed by atoms with E-state index in [-0.39, 0.29) is 12.2 Å². The van der Waals surface area contributed by atoms with Crippen LogP contribution in [0.1, 0.15) is 20.9 Å².